The first-order valence-corrected chi connectivity index (χ1v) is 7.71. The van der Waals surface area contributed by atoms with Gasteiger partial charge >= 0.3 is 0 Å². The minimum absolute atomic E-state index is 0.0688. The lowest BCUT2D eigenvalue weighted by Crippen LogP contribution is -2.01. The normalized spacial score (nSPS) is 12.8. The van der Waals surface area contributed by atoms with E-state index in [2.05, 4.69) is 0 Å². The van der Waals surface area contributed by atoms with Crippen LogP contribution in [0, 0.1) is 0 Å². The Morgan fingerprint density at radius 1 is 0.950 bits per heavy atom. The van der Waals surface area contributed by atoms with Crippen LogP contribution in [0.25, 0.3) is 22.9 Å². The summed E-state index contributed by atoms with van der Waals surface area (Å²) in [5, 5.41) is 1.75. The summed E-state index contributed by atoms with van der Waals surface area (Å²) in [7, 11) is -4.24. The van der Waals surface area contributed by atoms with E-state index in [-0.39, 0.29) is 4.90 Å². The molecule has 0 spiro atoms. The molecule has 0 aromatic heterocycles. The van der Waals surface area contributed by atoms with Gasteiger partial charge in [0.1, 0.15) is 4.90 Å². The van der Waals surface area contributed by atoms with Gasteiger partial charge in [-0.25, -0.2) is 0 Å². The molecule has 0 amide bonds. The van der Waals surface area contributed by atoms with Gasteiger partial charge in [-0.1, -0.05) is 48.6 Å². The van der Waals surface area contributed by atoms with Crippen LogP contribution in [0.5, 0.6) is 0 Å². The van der Waals surface area contributed by atoms with E-state index in [4.69, 9.17) is 0 Å². The first-order chi connectivity index (χ1) is 9.49. The third-order valence-electron chi connectivity index (χ3n) is 3.05. The van der Waals surface area contributed by atoms with Crippen molar-refractivity contribution in [3.63, 3.8) is 0 Å². The van der Waals surface area contributed by atoms with Crippen LogP contribution >= 0.6 is 0 Å². The van der Waals surface area contributed by atoms with Crippen LogP contribution in [0.15, 0.2) is 47.4 Å². The second kappa shape index (κ2) is 5.61. The quantitative estimate of drug-likeness (QED) is 0.863. The molecular weight excluding hydrogens is 272 g/mol. The summed E-state index contributed by atoms with van der Waals surface area (Å²) < 4.78 is 32.3. The summed E-state index contributed by atoms with van der Waals surface area (Å²) in [6, 6.07) is 8.86. The summed E-state index contributed by atoms with van der Waals surface area (Å²) in [6.07, 6.45) is 7.35. The van der Waals surface area contributed by atoms with Gasteiger partial charge in [-0.05, 0) is 36.2 Å². The van der Waals surface area contributed by atoms with Gasteiger partial charge in [-0.15, -0.1) is 0 Å². The number of rotatable bonds is 3. The van der Waals surface area contributed by atoms with Crippen LogP contribution in [-0.2, 0) is 10.1 Å². The highest BCUT2D eigenvalue weighted by Gasteiger charge is 2.16. The average molecular weight is 288 g/mol. The van der Waals surface area contributed by atoms with E-state index in [1.165, 1.54) is 6.07 Å². The van der Waals surface area contributed by atoms with Crippen LogP contribution in [0.1, 0.15) is 25.0 Å². The summed E-state index contributed by atoms with van der Waals surface area (Å²) in [6.45, 7) is 3.74. The zero-order valence-corrected chi connectivity index (χ0v) is 12.2. The van der Waals surface area contributed by atoms with Gasteiger partial charge < -0.3 is 0 Å². The van der Waals surface area contributed by atoms with E-state index in [0.29, 0.717) is 5.56 Å². The molecule has 0 radical (unpaired) electrons. The minimum atomic E-state index is -4.24. The maximum atomic E-state index is 11.5. The largest absolute Gasteiger partial charge is 0.295 e. The second-order valence-electron chi connectivity index (χ2n) is 4.39. The molecule has 1 N–H and O–H groups in total. The fourth-order valence-electron chi connectivity index (χ4n) is 2.27. The molecule has 0 saturated carbocycles. The van der Waals surface area contributed by atoms with Gasteiger partial charge in [-0.3, -0.25) is 4.55 Å². The summed E-state index contributed by atoms with van der Waals surface area (Å²) in [5.74, 6) is 0. The second-order valence-corrected chi connectivity index (χ2v) is 5.78. The standard InChI is InChI=1S/C16H16O3S/c1-3-6-12-8-5-9-14-13(12)10-11-16(20(17,18)19)15(14)7-4-2/h3-11H,1-2H3,(H,17,18,19). The van der Waals surface area contributed by atoms with Crippen molar-refractivity contribution in [2.45, 2.75) is 18.7 Å². The monoisotopic (exact) mass is 288 g/mol. The number of hydrogen-bond acceptors (Lipinski definition) is 2. The lowest BCUT2D eigenvalue weighted by Gasteiger charge is -2.10. The minimum Gasteiger partial charge on any atom is -0.282 e. The molecule has 0 unspecified atom stereocenters. The Morgan fingerprint density at radius 2 is 1.65 bits per heavy atom. The van der Waals surface area contributed by atoms with E-state index in [9.17, 15) is 13.0 Å². The van der Waals surface area contributed by atoms with E-state index >= 15 is 0 Å². The zero-order valence-electron chi connectivity index (χ0n) is 11.4. The van der Waals surface area contributed by atoms with E-state index < -0.39 is 10.1 Å². The van der Waals surface area contributed by atoms with E-state index in [0.717, 1.165) is 16.3 Å². The van der Waals surface area contributed by atoms with Gasteiger partial charge in [0, 0.05) is 5.56 Å². The van der Waals surface area contributed by atoms with Gasteiger partial charge in [0.05, 0.1) is 0 Å². The molecule has 0 fully saturated rings. The maximum absolute atomic E-state index is 11.5. The van der Waals surface area contributed by atoms with Crippen molar-refractivity contribution in [3.8, 4) is 0 Å². The van der Waals surface area contributed by atoms with Crippen molar-refractivity contribution >= 4 is 33.0 Å². The number of fused-ring (bicyclic) bond motifs is 1. The Morgan fingerprint density at radius 3 is 2.25 bits per heavy atom. The predicted octanol–water partition coefficient (Wildman–Crippen LogP) is 4.15. The first-order valence-electron chi connectivity index (χ1n) is 6.27. The molecule has 4 heteroatoms. The molecule has 0 aliphatic carbocycles. The van der Waals surface area contributed by atoms with Crippen molar-refractivity contribution in [1.29, 1.82) is 0 Å². The smallest absolute Gasteiger partial charge is 0.282 e. The summed E-state index contributed by atoms with van der Waals surface area (Å²) in [4.78, 5) is -0.0688. The maximum Gasteiger partial charge on any atom is 0.295 e. The number of allylic oxidation sites excluding steroid dienone is 2. The molecule has 0 saturated heterocycles. The van der Waals surface area contributed by atoms with Gasteiger partial charge in [0.2, 0.25) is 0 Å². The molecule has 0 aliphatic heterocycles. The Balaban J connectivity index is 2.93. The fraction of sp³-hybridized carbons (Fsp3) is 0.125. The molecule has 20 heavy (non-hydrogen) atoms. The van der Waals surface area contributed by atoms with Crippen molar-refractivity contribution < 1.29 is 13.0 Å². The van der Waals surface area contributed by atoms with Crippen LogP contribution in [0.3, 0.4) is 0 Å². The Labute approximate surface area is 119 Å². The molecule has 2 aromatic rings. The fourth-order valence-corrected chi connectivity index (χ4v) is 2.97. The molecule has 0 aliphatic rings. The Kier molecular flexibility index (Phi) is 4.06. The van der Waals surface area contributed by atoms with Crippen LogP contribution in [-0.4, -0.2) is 13.0 Å². The van der Waals surface area contributed by atoms with Gasteiger partial charge in [0.25, 0.3) is 10.1 Å². The topological polar surface area (TPSA) is 54.4 Å². The van der Waals surface area contributed by atoms with E-state index in [1.54, 1.807) is 18.2 Å². The van der Waals surface area contributed by atoms with Crippen molar-refractivity contribution in [2.24, 2.45) is 0 Å². The molecule has 0 atom stereocenters. The molecule has 0 heterocycles. The highest BCUT2D eigenvalue weighted by Crippen LogP contribution is 2.29. The lowest BCUT2D eigenvalue weighted by molar-refractivity contribution is 0.483. The molecule has 104 valence electrons. The first kappa shape index (κ1) is 14.5. The van der Waals surface area contributed by atoms with Crippen molar-refractivity contribution in [2.75, 3.05) is 0 Å². The SMILES string of the molecule is CC=Cc1cccc2c(C=CC)c(S(=O)(=O)O)ccc12. The predicted molar refractivity (Wildman–Crippen MR) is 83.2 cm³/mol. The van der Waals surface area contributed by atoms with Crippen LogP contribution in [0.2, 0.25) is 0 Å². The van der Waals surface area contributed by atoms with Crippen molar-refractivity contribution in [1.82, 2.24) is 0 Å². The number of hydrogen-bond donors (Lipinski definition) is 1. The highest BCUT2D eigenvalue weighted by atomic mass is 32.2. The third kappa shape index (κ3) is 2.66. The van der Waals surface area contributed by atoms with Gasteiger partial charge in [0.15, 0.2) is 0 Å². The molecular formula is C16H16O3S. The molecule has 0 bridgehead atoms. The zero-order chi connectivity index (χ0) is 14.8. The van der Waals surface area contributed by atoms with Crippen LogP contribution < -0.4 is 0 Å². The Bertz CT molecular complexity index is 800. The molecule has 2 rings (SSSR count). The summed E-state index contributed by atoms with van der Waals surface area (Å²) >= 11 is 0. The average Bonchev–Trinajstić information content (AvgIpc) is 2.39. The van der Waals surface area contributed by atoms with Gasteiger partial charge in [-0.2, -0.15) is 8.42 Å². The Hall–Kier alpha value is -1.91. The molecule has 2 aromatic carbocycles. The van der Waals surface area contributed by atoms with Crippen LogP contribution in [0.4, 0.5) is 0 Å². The summed E-state index contributed by atoms with van der Waals surface area (Å²) in [5.41, 5.74) is 1.52. The number of benzene rings is 2. The highest BCUT2D eigenvalue weighted by molar-refractivity contribution is 7.86. The third-order valence-corrected chi connectivity index (χ3v) is 3.97. The molecule has 3 nitrogen and oxygen atoms in total. The lowest BCUT2D eigenvalue weighted by atomic mass is 9.99. The van der Waals surface area contributed by atoms with Crippen molar-refractivity contribution in [3.05, 3.63) is 53.6 Å². The van der Waals surface area contributed by atoms with E-state index in [1.807, 2.05) is 44.2 Å².